The Morgan fingerprint density at radius 3 is 2.39 bits per heavy atom. The molecule has 0 saturated carbocycles. The predicted octanol–water partition coefficient (Wildman–Crippen LogP) is 3.76. The molecule has 0 bridgehead atoms. The molecule has 2 aromatic carbocycles. The fourth-order valence-electron chi connectivity index (χ4n) is 3.03. The van der Waals surface area contributed by atoms with Crippen molar-refractivity contribution in [3.8, 4) is 0 Å². The zero-order valence-electron chi connectivity index (χ0n) is 16.6. The van der Waals surface area contributed by atoms with E-state index in [4.69, 9.17) is 9.26 Å². The fourth-order valence-corrected chi connectivity index (χ4v) is 3.03. The van der Waals surface area contributed by atoms with E-state index in [1.807, 2.05) is 52.0 Å². The summed E-state index contributed by atoms with van der Waals surface area (Å²) in [6, 6.07) is 13.1. The van der Waals surface area contributed by atoms with Crippen molar-refractivity contribution in [2.24, 2.45) is 0 Å². The molecule has 148 valence electrons. The van der Waals surface area contributed by atoms with Crippen LogP contribution in [0.25, 0.3) is 11.0 Å². The molecule has 0 saturated heterocycles. The van der Waals surface area contributed by atoms with Crippen LogP contribution in [0.3, 0.4) is 0 Å². The van der Waals surface area contributed by atoms with Gasteiger partial charge in [0.2, 0.25) is 0 Å². The van der Waals surface area contributed by atoms with Gasteiger partial charge in [-0.2, -0.15) is 4.74 Å². The Balaban J connectivity index is 1.87. The van der Waals surface area contributed by atoms with Crippen molar-refractivity contribution in [2.45, 2.75) is 52.4 Å². The third kappa shape index (κ3) is 4.70. The number of carboxylic acid groups (broad SMARTS) is 1. The van der Waals surface area contributed by atoms with Crippen LogP contribution >= 0.6 is 0 Å². The molecule has 0 aliphatic rings. The maximum Gasteiger partial charge on any atom is 0.333 e. The van der Waals surface area contributed by atoms with E-state index in [2.05, 4.69) is 0 Å². The first-order chi connectivity index (χ1) is 13.1. The van der Waals surface area contributed by atoms with Crippen LogP contribution < -0.4 is 5.56 Å². The van der Waals surface area contributed by atoms with Crippen LogP contribution in [0.15, 0.2) is 51.8 Å². The van der Waals surface area contributed by atoms with Gasteiger partial charge in [-0.25, -0.2) is 4.79 Å². The lowest BCUT2D eigenvalue weighted by atomic mass is 10.0. The molecule has 0 spiro atoms. The van der Waals surface area contributed by atoms with Gasteiger partial charge in [-0.05, 0) is 51.0 Å². The third-order valence-electron chi connectivity index (χ3n) is 4.35. The lowest BCUT2D eigenvalue weighted by molar-refractivity contribution is -0.159. The largest absolute Gasteiger partial charge is 0.479 e. The number of rotatable bonds is 6. The highest BCUT2D eigenvalue weighted by Crippen LogP contribution is 2.19. The standard InChI is InChI=1S/C22H25NO5/c1-14-5-7-15(8-6-14)13-23-20(24)17-11-16(9-10-18(17)28-23)12-19(21(25)26)27-22(2,3)4/h5-11,19H,12-13H2,1-4H3,(H,25,26). The first kappa shape index (κ1) is 19.9. The molecule has 0 aliphatic heterocycles. The molecule has 28 heavy (non-hydrogen) atoms. The summed E-state index contributed by atoms with van der Waals surface area (Å²) in [7, 11) is 0. The Bertz CT molecular complexity index is 1040. The Morgan fingerprint density at radius 2 is 1.79 bits per heavy atom. The molecular weight excluding hydrogens is 358 g/mol. The van der Waals surface area contributed by atoms with Crippen molar-refractivity contribution in [1.29, 1.82) is 0 Å². The van der Waals surface area contributed by atoms with Gasteiger partial charge in [-0.3, -0.25) is 4.79 Å². The third-order valence-corrected chi connectivity index (χ3v) is 4.35. The average Bonchev–Trinajstić information content (AvgIpc) is 2.91. The van der Waals surface area contributed by atoms with Gasteiger partial charge in [0.15, 0.2) is 11.7 Å². The van der Waals surface area contributed by atoms with E-state index < -0.39 is 17.7 Å². The summed E-state index contributed by atoms with van der Waals surface area (Å²) < 4.78 is 12.6. The number of carboxylic acids is 1. The highest BCUT2D eigenvalue weighted by Gasteiger charge is 2.25. The highest BCUT2D eigenvalue weighted by atomic mass is 16.5. The maximum atomic E-state index is 12.7. The van der Waals surface area contributed by atoms with E-state index in [-0.39, 0.29) is 12.0 Å². The second-order valence-electron chi connectivity index (χ2n) is 8.01. The lowest BCUT2D eigenvalue weighted by Crippen LogP contribution is -2.34. The Hall–Kier alpha value is -2.86. The number of benzene rings is 2. The monoisotopic (exact) mass is 383 g/mol. The molecule has 0 radical (unpaired) electrons. The first-order valence-corrected chi connectivity index (χ1v) is 9.21. The first-order valence-electron chi connectivity index (χ1n) is 9.21. The summed E-state index contributed by atoms with van der Waals surface area (Å²) in [5, 5.41) is 9.88. The van der Waals surface area contributed by atoms with Crippen molar-refractivity contribution in [2.75, 3.05) is 0 Å². The van der Waals surface area contributed by atoms with E-state index in [0.29, 0.717) is 23.1 Å². The average molecular weight is 383 g/mol. The van der Waals surface area contributed by atoms with Gasteiger partial charge >= 0.3 is 5.97 Å². The second kappa shape index (κ2) is 7.64. The summed E-state index contributed by atoms with van der Waals surface area (Å²) in [4.78, 5) is 24.3. The SMILES string of the molecule is Cc1ccc(Cn2oc3ccc(CC(OC(C)(C)C)C(=O)O)cc3c2=O)cc1. The number of aliphatic carboxylic acids is 1. The molecule has 1 aromatic heterocycles. The highest BCUT2D eigenvalue weighted by molar-refractivity contribution is 5.77. The van der Waals surface area contributed by atoms with Gasteiger partial charge in [0.05, 0.1) is 17.5 Å². The van der Waals surface area contributed by atoms with Crippen molar-refractivity contribution >= 4 is 16.9 Å². The summed E-state index contributed by atoms with van der Waals surface area (Å²) in [6.07, 6.45) is -0.815. The van der Waals surface area contributed by atoms with Crippen LogP contribution in [-0.2, 0) is 22.5 Å². The van der Waals surface area contributed by atoms with E-state index in [9.17, 15) is 14.7 Å². The summed E-state index contributed by atoms with van der Waals surface area (Å²) >= 11 is 0. The maximum absolute atomic E-state index is 12.7. The van der Waals surface area contributed by atoms with Crippen LogP contribution in [0.1, 0.15) is 37.5 Å². The molecule has 1 unspecified atom stereocenters. The van der Waals surface area contributed by atoms with Gasteiger partial charge in [0.1, 0.15) is 0 Å². The van der Waals surface area contributed by atoms with Crippen LogP contribution in [0.4, 0.5) is 0 Å². The Kier molecular flexibility index (Phi) is 5.42. The van der Waals surface area contributed by atoms with Gasteiger partial charge in [0, 0.05) is 6.42 Å². The molecule has 1 heterocycles. The topological polar surface area (TPSA) is 81.7 Å². The molecule has 6 nitrogen and oxygen atoms in total. The van der Waals surface area contributed by atoms with Crippen LogP contribution in [0.2, 0.25) is 0 Å². The van der Waals surface area contributed by atoms with Gasteiger partial charge in [0.25, 0.3) is 5.56 Å². The van der Waals surface area contributed by atoms with Crippen LogP contribution in [0.5, 0.6) is 0 Å². The molecule has 0 fully saturated rings. The number of aryl methyl sites for hydroxylation is 1. The molecule has 6 heteroatoms. The number of nitrogens with zero attached hydrogens (tertiary/aromatic N) is 1. The van der Waals surface area contributed by atoms with Gasteiger partial charge in [-0.1, -0.05) is 35.9 Å². The number of ether oxygens (including phenoxy) is 1. The second-order valence-corrected chi connectivity index (χ2v) is 8.01. The van der Waals surface area contributed by atoms with Crippen LogP contribution in [-0.4, -0.2) is 27.5 Å². The number of fused-ring (bicyclic) bond motifs is 1. The van der Waals surface area contributed by atoms with E-state index >= 15 is 0 Å². The summed E-state index contributed by atoms with van der Waals surface area (Å²) in [5.41, 5.74) is 2.49. The van der Waals surface area contributed by atoms with Crippen molar-refractivity contribution in [1.82, 2.24) is 4.74 Å². The van der Waals surface area contributed by atoms with Crippen molar-refractivity contribution in [3.05, 3.63) is 69.5 Å². The Morgan fingerprint density at radius 1 is 1.14 bits per heavy atom. The Labute approximate surface area is 163 Å². The van der Waals surface area contributed by atoms with Crippen molar-refractivity contribution in [3.63, 3.8) is 0 Å². The minimum Gasteiger partial charge on any atom is -0.479 e. The molecular formula is C22H25NO5. The summed E-state index contributed by atoms with van der Waals surface area (Å²) in [6.45, 7) is 7.78. The zero-order valence-corrected chi connectivity index (χ0v) is 16.6. The predicted molar refractivity (Wildman–Crippen MR) is 107 cm³/mol. The normalized spacial score (nSPS) is 13.0. The van der Waals surface area contributed by atoms with Crippen molar-refractivity contribution < 1.29 is 19.2 Å². The molecule has 1 N–H and O–H groups in total. The number of aromatic nitrogens is 1. The van der Waals surface area contributed by atoms with Gasteiger partial charge < -0.3 is 14.4 Å². The van der Waals surface area contributed by atoms with E-state index in [0.717, 1.165) is 11.1 Å². The minimum absolute atomic E-state index is 0.172. The minimum atomic E-state index is -1.03. The molecule has 3 rings (SSSR count). The molecule has 0 aliphatic carbocycles. The smallest absolute Gasteiger partial charge is 0.333 e. The van der Waals surface area contributed by atoms with Gasteiger partial charge in [-0.15, -0.1) is 0 Å². The van der Waals surface area contributed by atoms with E-state index in [1.165, 1.54) is 4.74 Å². The van der Waals surface area contributed by atoms with E-state index in [1.54, 1.807) is 18.2 Å². The zero-order chi connectivity index (χ0) is 20.5. The molecule has 1 atom stereocenters. The fraction of sp³-hybridized carbons (Fsp3) is 0.364. The lowest BCUT2D eigenvalue weighted by Gasteiger charge is -2.25. The number of hydrogen-bond donors (Lipinski definition) is 1. The quantitative estimate of drug-likeness (QED) is 0.701. The summed E-state index contributed by atoms with van der Waals surface area (Å²) in [5.74, 6) is -1.03. The molecule has 3 aromatic rings. The number of carbonyl (C=O) groups is 1. The number of hydrogen-bond acceptors (Lipinski definition) is 4. The molecule has 0 amide bonds. The van der Waals surface area contributed by atoms with Crippen LogP contribution in [0, 0.1) is 6.92 Å².